The molecular weight excluding hydrogens is 514 g/mol. The maximum atomic E-state index is 13.1. The number of aromatic nitrogens is 3. The summed E-state index contributed by atoms with van der Waals surface area (Å²) >= 11 is 1.45. The van der Waals surface area contributed by atoms with E-state index in [9.17, 15) is 13.2 Å². The number of aryl methyl sites for hydroxylation is 1. The Morgan fingerprint density at radius 1 is 1.03 bits per heavy atom. The number of methoxy groups -OCH3 is 2. The van der Waals surface area contributed by atoms with Crippen LogP contribution in [0.25, 0.3) is 15.3 Å². The van der Waals surface area contributed by atoms with Crippen molar-refractivity contribution in [3.05, 3.63) is 54.2 Å². The number of benzene rings is 2. The first-order chi connectivity index (χ1) is 17.8. The third-order valence-corrected chi connectivity index (χ3v) is 9.28. The molecule has 0 radical (unpaired) electrons. The van der Waals surface area contributed by atoms with Crippen LogP contribution in [0.3, 0.4) is 0 Å². The van der Waals surface area contributed by atoms with E-state index in [1.54, 1.807) is 30.0 Å². The van der Waals surface area contributed by atoms with Crippen LogP contribution < -0.4 is 14.8 Å². The van der Waals surface area contributed by atoms with Crippen LogP contribution in [0, 0.1) is 12.8 Å². The molecule has 0 spiro atoms. The zero-order valence-corrected chi connectivity index (χ0v) is 22.3. The van der Waals surface area contributed by atoms with Gasteiger partial charge in [0.15, 0.2) is 0 Å². The number of rotatable bonds is 7. The summed E-state index contributed by atoms with van der Waals surface area (Å²) in [7, 11) is -0.487. The highest BCUT2D eigenvalue weighted by Gasteiger charge is 2.32. The molecule has 1 saturated heterocycles. The second kappa shape index (κ2) is 10.1. The SMILES string of the molecule is COc1ccc(S(=O)(=O)N2CCC(C(=O)Nc3cc(C)nn3-c3nc4ccc(OC)cc4s3)CC2)cc1. The predicted molar refractivity (Wildman–Crippen MR) is 141 cm³/mol. The van der Waals surface area contributed by atoms with Crippen LogP contribution in [0.4, 0.5) is 5.82 Å². The third kappa shape index (κ3) is 5.04. The lowest BCUT2D eigenvalue weighted by Gasteiger charge is -2.30. The molecule has 10 nitrogen and oxygen atoms in total. The molecule has 1 aliphatic rings. The van der Waals surface area contributed by atoms with Gasteiger partial charge in [0, 0.05) is 25.1 Å². The zero-order valence-electron chi connectivity index (χ0n) is 20.7. The molecule has 1 amide bonds. The molecule has 1 N–H and O–H groups in total. The molecule has 0 bridgehead atoms. The van der Waals surface area contributed by atoms with Gasteiger partial charge in [-0.2, -0.15) is 14.1 Å². The Morgan fingerprint density at radius 2 is 1.70 bits per heavy atom. The van der Waals surface area contributed by atoms with Crippen LogP contribution in [0.1, 0.15) is 18.5 Å². The van der Waals surface area contributed by atoms with E-state index in [4.69, 9.17) is 9.47 Å². The topological polar surface area (TPSA) is 116 Å². The standard InChI is InChI=1S/C25H27N5O5S2/c1-16-14-23(30(28-16)25-26-21-9-6-19(35-3)15-22(21)36-25)27-24(31)17-10-12-29(13-11-17)37(32,33)20-7-4-18(34-2)5-8-20/h4-9,14-15,17H,10-13H2,1-3H3,(H,27,31). The van der Waals surface area contributed by atoms with Crippen molar-refractivity contribution in [2.24, 2.45) is 5.92 Å². The number of thiazole rings is 1. The second-order valence-electron chi connectivity index (χ2n) is 8.76. The summed E-state index contributed by atoms with van der Waals surface area (Å²) in [6.07, 6.45) is 0.852. The number of hydrogen-bond donors (Lipinski definition) is 1. The lowest BCUT2D eigenvalue weighted by atomic mass is 9.97. The predicted octanol–water partition coefficient (Wildman–Crippen LogP) is 3.85. The summed E-state index contributed by atoms with van der Waals surface area (Å²) in [5.74, 6) is 1.39. The first-order valence-electron chi connectivity index (χ1n) is 11.7. The van der Waals surface area contributed by atoms with Crippen molar-refractivity contribution in [2.45, 2.75) is 24.7 Å². The normalized spacial score (nSPS) is 15.1. The minimum Gasteiger partial charge on any atom is -0.497 e. The minimum atomic E-state index is -3.64. The first kappa shape index (κ1) is 25.2. The fourth-order valence-electron chi connectivity index (χ4n) is 4.33. The number of carbonyl (C=O) groups excluding carboxylic acids is 1. The van der Waals surface area contributed by atoms with E-state index in [1.165, 1.54) is 34.9 Å². The van der Waals surface area contributed by atoms with Crippen molar-refractivity contribution in [3.8, 4) is 16.6 Å². The number of carbonyl (C=O) groups is 1. The summed E-state index contributed by atoms with van der Waals surface area (Å²) in [6, 6.07) is 13.8. The Balaban J connectivity index is 1.27. The van der Waals surface area contributed by atoms with E-state index >= 15 is 0 Å². The van der Waals surface area contributed by atoms with Crippen LogP contribution in [-0.2, 0) is 14.8 Å². The van der Waals surface area contributed by atoms with Gasteiger partial charge in [-0.05, 0) is 62.2 Å². The second-order valence-corrected chi connectivity index (χ2v) is 11.7. The van der Waals surface area contributed by atoms with Crippen LogP contribution >= 0.6 is 11.3 Å². The molecule has 1 fully saturated rings. The van der Waals surface area contributed by atoms with Gasteiger partial charge >= 0.3 is 0 Å². The number of fused-ring (bicyclic) bond motifs is 1. The Bertz CT molecular complexity index is 1540. The summed E-state index contributed by atoms with van der Waals surface area (Å²) in [5.41, 5.74) is 1.56. The highest BCUT2D eigenvalue weighted by molar-refractivity contribution is 7.89. The third-order valence-electron chi connectivity index (χ3n) is 6.37. The lowest BCUT2D eigenvalue weighted by Crippen LogP contribution is -2.41. The van der Waals surface area contributed by atoms with Gasteiger partial charge in [-0.15, -0.1) is 0 Å². The summed E-state index contributed by atoms with van der Waals surface area (Å²) in [6.45, 7) is 2.39. The number of ether oxygens (including phenoxy) is 2. The molecule has 4 aromatic rings. The molecule has 0 atom stereocenters. The van der Waals surface area contributed by atoms with E-state index in [1.807, 2.05) is 25.1 Å². The van der Waals surface area contributed by atoms with Gasteiger partial charge in [-0.3, -0.25) is 4.79 Å². The van der Waals surface area contributed by atoms with Gasteiger partial charge in [0.2, 0.25) is 21.1 Å². The lowest BCUT2D eigenvalue weighted by molar-refractivity contribution is -0.120. The average molecular weight is 542 g/mol. The van der Waals surface area contributed by atoms with Gasteiger partial charge in [0.1, 0.15) is 17.3 Å². The fourth-order valence-corrected chi connectivity index (χ4v) is 6.76. The van der Waals surface area contributed by atoms with E-state index in [0.29, 0.717) is 29.5 Å². The molecule has 0 aliphatic carbocycles. The van der Waals surface area contributed by atoms with Gasteiger partial charge < -0.3 is 14.8 Å². The van der Waals surface area contributed by atoms with Crippen molar-refractivity contribution in [2.75, 3.05) is 32.6 Å². The smallest absolute Gasteiger partial charge is 0.243 e. The number of nitrogens with one attached hydrogen (secondary N) is 1. The maximum absolute atomic E-state index is 13.1. The number of nitrogens with zero attached hydrogens (tertiary/aromatic N) is 4. The maximum Gasteiger partial charge on any atom is 0.243 e. The number of piperidine rings is 1. The van der Waals surface area contributed by atoms with Crippen molar-refractivity contribution in [1.82, 2.24) is 19.1 Å². The minimum absolute atomic E-state index is 0.162. The summed E-state index contributed by atoms with van der Waals surface area (Å²) < 4.78 is 40.5. The van der Waals surface area contributed by atoms with E-state index in [0.717, 1.165) is 21.7 Å². The van der Waals surface area contributed by atoms with Gasteiger partial charge in [0.25, 0.3) is 0 Å². The molecule has 0 saturated carbocycles. The van der Waals surface area contributed by atoms with E-state index in [-0.39, 0.29) is 29.8 Å². The van der Waals surface area contributed by atoms with Gasteiger partial charge in [-0.25, -0.2) is 13.4 Å². The molecule has 1 aliphatic heterocycles. The van der Waals surface area contributed by atoms with Crippen LogP contribution in [0.2, 0.25) is 0 Å². The number of sulfonamides is 1. The molecule has 12 heteroatoms. The summed E-state index contributed by atoms with van der Waals surface area (Å²) in [5, 5.41) is 8.15. The first-order valence-corrected chi connectivity index (χ1v) is 14.0. The van der Waals surface area contributed by atoms with E-state index in [2.05, 4.69) is 15.4 Å². The molecule has 194 valence electrons. The number of hydrogen-bond acceptors (Lipinski definition) is 8. The quantitative estimate of drug-likeness (QED) is 0.378. The van der Waals surface area contributed by atoms with Crippen molar-refractivity contribution < 1.29 is 22.7 Å². The highest BCUT2D eigenvalue weighted by atomic mass is 32.2. The molecule has 3 heterocycles. The largest absolute Gasteiger partial charge is 0.497 e. The van der Waals surface area contributed by atoms with Crippen LogP contribution in [-0.4, -0.2) is 60.7 Å². The monoisotopic (exact) mass is 541 g/mol. The molecule has 2 aromatic heterocycles. The van der Waals surface area contributed by atoms with Crippen LogP contribution in [0.5, 0.6) is 11.5 Å². The van der Waals surface area contributed by atoms with Crippen molar-refractivity contribution in [1.29, 1.82) is 0 Å². The van der Waals surface area contributed by atoms with E-state index < -0.39 is 10.0 Å². The molecule has 0 unspecified atom stereocenters. The Labute approximate surface area is 218 Å². The van der Waals surface area contributed by atoms with Gasteiger partial charge in [0.05, 0.1) is 35.0 Å². The fraction of sp³-hybridized carbons (Fsp3) is 0.320. The Morgan fingerprint density at radius 3 is 2.38 bits per heavy atom. The van der Waals surface area contributed by atoms with Crippen molar-refractivity contribution >= 4 is 43.3 Å². The molecule has 5 rings (SSSR count). The Hall–Kier alpha value is -3.48. The average Bonchev–Trinajstić information content (AvgIpc) is 3.50. The number of anilines is 1. The highest BCUT2D eigenvalue weighted by Crippen LogP contribution is 2.31. The van der Waals surface area contributed by atoms with Crippen LogP contribution in [0.15, 0.2) is 53.4 Å². The molecule has 2 aromatic carbocycles. The summed E-state index contributed by atoms with van der Waals surface area (Å²) in [4.78, 5) is 18.0. The molecule has 37 heavy (non-hydrogen) atoms. The zero-order chi connectivity index (χ0) is 26.2. The Kier molecular flexibility index (Phi) is 6.88. The number of amides is 1. The van der Waals surface area contributed by atoms with Crippen molar-refractivity contribution in [3.63, 3.8) is 0 Å². The van der Waals surface area contributed by atoms with Gasteiger partial charge in [-0.1, -0.05) is 11.3 Å². The molecular formula is C25H27N5O5S2.